The Labute approximate surface area is 129 Å². The first-order valence-electron chi connectivity index (χ1n) is 6.95. The van der Waals surface area contributed by atoms with Crippen LogP contribution >= 0.6 is 0 Å². The molecule has 0 saturated heterocycles. The first-order chi connectivity index (χ1) is 10.6. The van der Waals surface area contributed by atoms with Crippen molar-refractivity contribution in [3.63, 3.8) is 0 Å². The van der Waals surface area contributed by atoms with Crippen molar-refractivity contribution in [3.8, 4) is 5.75 Å². The predicted molar refractivity (Wildman–Crippen MR) is 83.8 cm³/mol. The highest BCUT2D eigenvalue weighted by Gasteiger charge is 2.12. The third kappa shape index (κ3) is 4.49. The summed E-state index contributed by atoms with van der Waals surface area (Å²) >= 11 is 0. The molecule has 0 radical (unpaired) electrons. The molecule has 0 heterocycles. The molecule has 0 amide bonds. The summed E-state index contributed by atoms with van der Waals surface area (Å²) in [7, 11) is 0. The fourth-order valence-electron chi connectivity index (χ4n) is 1.83. The minimum Gasteiger partial charge on any atom is -0.490 e. The second-order valence-electron chi connectivity index (χ2n) is 4.95. The fourth-order valence-corrected chi connectivity index (χ4v) is 1.83. The molecular formula is C17H19NO4. The smallest absolute Gasteiger partial charge is 0.338 e. The summed E-state index contributed by atoms with van der Waals surface area (Å²) in [5.41, 5.74) is 7.49. The number of aliphatic hydroxyl groups is 1. The third-order valence-corrected chi connectivity index (χ3v) is 3.08. The second-order valence-corrected chi connectivity index (χ2v) is 4.95. The maximum Gasteiger partial charge on any atom is 0.338 e. The van der Waals surface area contributed by atoms with E-state index in [1.165, 1.54) is 0 Å². The van der Waals surface area contributed by atoms with Crippen molar-refractivity contribution in [1.82, 2.24) is 0 Å². The van der Waals surface area contributed by atoms with Crippen LogP contribution < -0.4 is 10.5 Å². The number of aliphatic hydroxyl groups excluding tert-OH is 1. The van der Waals surface area contributed by atoms with Crippen molar-refractivity contribution in [2.45, 2.75) is 13.0 Å². The van der Waals surface area contributed by atoms with Gasteiger partial charge in [-0.05, 0) is 42.8 Å². The molecule has 0 aliphatic rings. The van der Waals surface area contributed by atoms with Gasteiger partial charge in [0.05, 0.1) is 5.56 Å². The number of para-hydroxylation sites is 1. The summed E-state index contributed by atoms with van der Waals surface area (Å²) in [5.74, 6) is 0.196. The molecule has 0 unspecified atom stereocenters. The lowest BCUT2D eigenvalue weighted by Crippen LogP contribution is -2.25. The van der Waals surface area contributed by atoms with Gasteiger partial charge < -0.3 is 20.3 Å². The third-order valence-electron chi connectivity index (χ3n) is 3.08. The molecule has 3 N–H and O–H groups in total. The number of nitrogen functional groups attached to an aromatic ring is 1. The monoisotopic (exact) mass is 301 g/mol. The number of ether oxygens (including phenoxy) is 2. The zero-order chi connectivity index (χ0) is 15.9. The molecule has 0 aliphatic carbocycles. The lowest BCUT2D eigenvalue weighted by atomic mass is 10.2. The molecule has 0 bridgehead atoms. The Hall–Kier alpha value is -2.53. The Kier molecular flexibility index (Phi) is 5.38. The van der Waals surface area contributed by atoms with Gasteiger partial charge in [0.1, 0.15) is 25.1 Å². The van der Waals surface area contributed by atoms with E-state index in [4.69, 9.17) is 15.2 Å². The molecule has 0 fully saturated rings. The summed E-state index contributed by atoms with van der Waals surface area (Å²) in [6.45, 7) is 1.85. The van der Waals surface area contributed by atoms with Crippen molar-refractivity contribution >= 4 is 11.7 Å². The maximum atomic E-state index is 11.8. The van der Waals surface area contributed by atoms with E-state index >= 15 is 0 Å². The van der Waals surface area contributed by atoms with Gasteiger partial charge in [-0.1, -0.05) is 18.2 Å². The quantitative estimate of drug-likeness (QED) is 0.631. The fraction of sp³-hybridized carbons (Fsp3) is 0.235. The number of benzene rings is 2. The highest BCUT2D eigenvalue weighted by molar-refractivity contribution is 5.89. The van der Waals surface area contributed by atoms with Gasteiger partial charge >= 0.3 is 5.97 Å². The van der Waals surface area contributed by atoms with E-state index in [1.54, 1.807) is 24.3 Å². The minimum absolute atomic E-state index is 0.0554. The second kappa shape index (κ2) is 7.47. The molecule has 2 aromatic carbocycles. The maximum absolute atomic E-state index is 11.8. The lowest BCUT2D eigenvalue weighted by molar-refractivity contribution is 0.0129. The molecule has 5 heteroatoms. The van der Waals surface area contributed by atoms with E-state index < -0.39 is 12.1 Å². The van der Waals surface area contributed by atoms with Gasteiger partial charge in [-0.25, -0.2) is 4.79 Å². The summed E-state index contributed by atoms with van der Waals surface area (Å²) < 4.78 is 10.5. The van der Waals surface area contributed by atoms with Crippen LogP contribution in [-0.2, 0) is 4.74 Å². The van der Waals surface area contributed by atoms with Crippen LogP contribution in [0.5, 0.6) is 5.75 Å². The van der Waals surface area contributed by atoms with Crippen LogP contribution in [0.2, 0.25) is 0 Å². The van der Waals surface area contributed by atoms with E-state index in [9.17, 15) is 9.90 Å². The molecule has 5 nitrogen and oxygen atoms in total. The molecule has 1 atom stereocenters. The van der Waals surface area contributed by atoms with Crippen LogP contribution in [0.3, 0.4) is 0 Å². The summed E-state index contributed by atoms with van der Waals surface area (Å²) in [6, 6.07) is 13.9. The van der Waals surface area contributed by atoms with Crippen molar-refractivity contribution in [1.29, 1.82) is 0 Å². The van der Waals surface area contributed by atoms with E-state index in [0.717, 1.165) is 5.56 Å². The molecule has 0 aromatic heterocycles. The zero-order valence-electron chi connectivity index (χ0n) is 12.4. The lowest BCUT2D eigenvalue weighted by Gasteiger charge is -2.14. The molecular weight excluding hydrogens is 282 g/mol. The van der Waals surface area contributed by atoms with Crippen molar-refractivity contribution in [2.24, 2.45) is 0 Å². The van der Waals surface area contributed by atoms with Gasteiger partial charge in [-0.3, -0.25) is 0 Å². The van der Waals surface area contributed by atoms with Crippen molar-refractivity contribution in [2.75, 3.05) is 18.9 Å². The number of carbonyl (C=O) groups is 1. The Morgan fingerprint density at radius 1 is 1.14 bits per heavy atom. The normalized spacial score (nSPS) is 11.7. The highest BCUT2D eigenvalue weighted by atomic mass is 16.5. The van der Waals surface area contributed by atoms with Gasteiger partial charge in [0.15, 0.2) is 0 Å². The summed E-state index contributed by atoms with van der Waals surface area (Å²) in [6.07, 6.45) is -0.891. The van der Waals surface area contributed by atoms with Gasteiger partial charge in [0.25, 0.3) is 0 Å². The molecule has 2 rings (SSSR count). The molecule has 0 spiro atoms. The number of hydrogen-bond acceptors (Lipinski definition) is 5. The summed E-state index contributed by atoms with van der Waals surface area (Å²) in [4.78, 5) is 11.8. The predicted octanol–water partition coefficient (Wildman–Crippen LogP) is 2.17. The van der Waals surface area contributed by atoms with E-state index in [-0.39, 0.29) is 13.2 Å². The summed E-state index contributed by atoms with van der Waals surface area (Å²) in [5, 5.41) is 9.82. The topological polar surface area (TPSA) is 81.8 Å². The van der Waals surface area contributed by atoms with E-state index in [2.05, 4.69) is 0 Å². The SMILES string of the molecule is Cc1ccccc1OC[C@H](O)COC(=O)c1ccc(N)cc1. The Morgan fingerprint density at radius 3 is 2.50 bits per heavy atom. The Balaban J connectivity index is 1.78. The minimum atomic E-state index is -0.891. The van der Waals surface area contributed by atoms with Crippen molar-refractivity contribution < 1.29 is 19.4 Å². The van der Waals surface area contributed by atoms with Crippen LogP contribution in [0.1, 0.15) is 15.9 Å². The highest BCUT2D eigenvalue weighted by Crippen LogP contribution is 2.16. The number of anilines is 1. The van der Waals surface area contributed by atoms with Crippen LogP contribution in [0.15, 0.2) is 48.5 Å². The van der Waals surface area contributed by atoms with Gasteiger partial charge in [-0.2, -0.15) is 0 Å². The molecule has 0 aliphatic heterocycles. The van der Waals surface area contributed by atoms with Crippen LogP contribution in [0, 0.1) is 6.92 Å². The van der Waals surface area contributed by atoms with Gasteiger partial charge in [-0.15, -0.1) is 0 Å². The Bertz CT molecular complexity index is 625. The van der Waals surface area contributed by atoms with Crippen LogP contribution in [0.4, 0.5) is 5.69 Å². The average molecular weight is 301 g/mol. The largest absolute Gasteiger partial charge is 0.490 e. The number of aryl methyl sites for hydroxylation is 1. The van der Waals surface area contributed by atoms with E-state index in [0.29, 0.717) is 17.0 Å². The van der Waals surface area contributed by atoms with Gasteiger partial charge in [0, 0.05) is 5.69 Å². The van der Waals surface area contributed by atoms with Gasteiger partial charge in [0.2, 0.25) is 0 Å². The number of hydrogen-bond donors (Lipinski definition) is 2. The number of carbonyl (C=O) groups excluding carboxylic acids is 1. The van der Waals surface area contributed by atoms with Crippen LogP contribution in [-0.4, -0.2) is 30.4 Å². The number of rotatable bonds is 6. The van der Waals surface area contributed by atoms with E-state index in [1.807, 2.05) is 31.2 Å². The molecule has 0 saturated carbocycles. The number of esters is 1. The Morgan fingerprint density at radius 2 is 1.82 bits per heavy atom. The molecule has 116 valence electrons. The zero-order valence-corrected chi connectivity index (χ0v) is 12.4. The first-order valence-corrected chi connectivity index (χ1v) is 6.95. The molecule has 22 heavy (non-hydrogen) atoms. The van der Waals surface area contributed by atoms with Crippen molar-refractivity contribution in [3.05, 3.63) is 59.7 Å². The molecule has 2 aromatic rings. The standard InChI is InChI=1S/C17H19NO4/c1-12-4-2-3-5-16(12)21-10-15(19)11-22-17(20)13-6-8-14(18)9-7-13/h2-9,15,19H,10-11,18H2,1H3/t15-/m0/s1. The number of nitrogens with two attached hydrogens (primary N) is 1. The van der Waals surface area contributed by atoms with Crippen LogP contribution in [0.25, 0.3) is 0 Å². The average Bonchev–Trinajstić information content (AvgIpc) is 2.52. The first kappa shape index (κ1) is 15.9.